The highest BCUT2D eigenvalue weighted by Gasteiger charge is 2.27. The molecule has 0 radical (unpaired) electrons. The van der Waals surface area contributed by atoms with E-state index in [4.69, 9.17) is 0 Å². The zero-order valence-corrected chi connectivity index (χ0v) is 9.65. The van der Waals surface area contributed by atoms with Crippen molar-refractivity contribution in [2.45, 2.75) is 70.3 Å². The van der Waals surface area contributed by atoms with Crippen molar-refractivity contribution in [3.8, 4) is 0 Å². The molecule has 0 atom stereocenters. The van der Waals surface area contributed by atoms with Crippen LogP contribution in [0.4, 0.5) is 0 Å². The standard InChI is InChI=1S/C13H25N/c1-13(9-5-2-6-10-13)14-11-12-7-3-4-8-12/h12,14H,2-11H2,1H3. The summed E-state index contributed by atoms with van der Waals surface area (Å²) in [6, 6.07) is 0. The molecule has 2 saturated carbocycles. The number of rotatable bonds is 3. The lowest BCUT2D eigenvalue weighted by Crippen LogP contribution is -2.45. The molecule has 82 valence electrons. The Morgan fingerprint density at radius 2 is 1.64 bits per heavy atom. The summed E-state index contributed by atoms with van der Waals surface area (Å²) in [5.74, 6) is 0.994. The molecule has 0 aromatic carbocycles. The van der Waals surface area contributed by atoms with E-state index in [1.807, 2.05) is 0 Å². The summed E-state index contributed by atoms with van der Waals surface area (Å²) < 4.78 is 0. The maximum Gasteiger partial charge on any atom is 0.0153 e. The van der Waals surface area contributed by atoms with E-state index in [9.17, 15) is 0 Å². The van der Waals surface area contributed by atoms with Gasteiger partial charge in [0.25, 0.3) is 0 Å². The van der Waals surface area contributed by atoms with Crippen LogP contribution in [0.5, 0.6) is 0 Å². The molecule has 0 aromatic rings. The van der Waals surface area contributed by atoms with Gasteiger partial charge in [0.1, 0.15) is 0 Å². The van der Waals surface area contributed by atoms with Gasteiger partial charge >= 0.3 is 0 Å². The zero-order valence-electron chi connectivity index (χ0n) is 9.65. The van der Waals surface area contributed by atoms with Crippen LogP contribution in [-0.2, 0) is 0 Å². The Kier molecular flexibility index (Phi) is 3.48. The first-order valence-electron chi connectivity index (χ1n) is 6.54. The van der Waals surface area contributed by atoms with E-state index in [0.717, 1.165) is 5.92 Å². The topological polar surface area (TPSA) is 12.0 Å². The van der Waals surface area contributed by atoms with E-state index in [0.29, 0.717) is 5.54 Å². The summed E-state index contributed by atoms with van der Waals surface area (Å²) in [4.78, 5) is 0. The van der Waals surface area contributed by atoms with Crippen LogP contribution in [0.15, 0.2) is 0 Å². The quantitative estimate of drug-likeness (QED) is 0.727. The first kappa shape index (κ1) is 10.5. The van der Waals surface area contributed by atoms with Crippen LogP contribution in [0, 0.1) is 5.92 Å². The van der Waals surface area contributed by atoms with Crippen LogP contribution in [-0.4, -0.2) is 12.1 Å². The highest BCUT2D eigenvalue weighted by atomic mass is 15.0. The normalized spacial score (nSPS) is 28.1. The molecular weight excluding hydrogens is 170 g/mol. The van der Waals surface area contributed by atoms with Crippen LogP contribution in [0.1, 0.15) is 64.7 Å². The van der Waals surface area contributed by atoms with Crippen LogP contribution < -0.4 is 5.32 Å². The molecule has 0 unspecified atom stereocenters. The fourth-order valence-corrected chi connectivity index (χ4v) is 3.11. The fourth-order valence-electron chi connectivity index (χ4n) is 3.11. The van der Waals surface area contributed by atoms with Crippen molar-refractivity contribution >= 4 is 0 Å². The molecule has 1 nitrogen and oxygen atoms in total. The lowest BCUT2D eigenvalue weighted by Gasteiger charge is -2.35. The Morgan fingerprint density at radius 3 is 2.29 bits per heavy atom. The summed E-state index contributed by atoms with van der Waals surface area (Å²) in [5, 5.41) is 3.84. The Hall–Kier alpha value is -0.0400. The second-order valence-corrected chi connectivity index (χ2v) is 5.65. The molecule has 2 aliphatic rings. The molecule has 1 N–H and O–H groups in total. The first-order chi connectivity index (χ1) is 6.79. The molecule has 0 bridgehead atoms. The third kappa shape index (κ3) is 2.73. The predicted molar refractivity (Wildman–Crippen MR) is 61.5 cm³/mol. The minimum absolute atomic E-state index is 0.487. The Balaban J connectivity index is 1.72. The third-order valence-electron chi connectivity index (χ3n) is 4.25. The minimum atomic E-state index is 0.487. The second-order valence-electron chi connectivity index (χ2n) is 5.65. The van der Waals surface area contributed by atoms with Gasteiger partial charge < -0.3 is 5.32 Å². The van der Waals surface area contributed by atoms with Gasteiger partial charge in [0, 0.05) is 5.54 Å². The average Bonchev–Trinajstić information content (AvgIpc) is 2.69. The molecule has 2 rings (SSSR count). The second kappa shape index (κ2) is 4.65. The molecule has 2 aliphatic carbocycles. The average molecular weight is 195 g/mol. The van der Waals surface area contributed by atoms with Crippen molar-refractivity contribution in [2.75, 3.05) is 6.54 Å². The maximum atomic E-state index is 3.84. The van der Waals surface area contributed by atoms with Gasteiger partial charge in [-0.3, -0.25) is 0 Å². The molecule has 0 aromatic heterocycles. The van der Waals surface area contributed by atoms with Crippen molar-refractivity contribution in [2.24, 2.45) is 5.92 Å². The summed E-state index contributed by atoms with van der Waals surface area (Å²) in [7, 11) is 0. The summed E-state index contributed by atoms with van der Waals surface area (Å²) in [6.07, 6.45) is 13.0. The van der Waals surface area contributed by atoms with E-state index in [1.54, 1.807) is 0 Å². The lowest BCUT2D eigenvalue weighted by atomic mass is 9.83. The van der Waals surface area contributed by atoms with Crippen molar-refractivity contribution in [3.63, 3.8) is 0 Å². The molecule has 1 heteroatoms. The number of hydrogen-bond acceptors (Lipinski definition) is 1. The third-order valence-corrected chi connectivity index (χ3v) is 4.25. The van der Waals surface area contributed by atoms with Gasteiger partial charge in [-0.15, -0.1) is 0 Å². The Labute approximate surface area is 88.7 Å². The molecule has 0 amide bonds. The molecule has 2 fully saturated rings. The van der Waals surface area contributed by atoms with E-state index in [1.165, 1.54) is 64.3 Å². The van der Waals surface area contributed by atoms with Crippen molar-refractivity contribution in [1.29, 1.82) is 0 Å². The fraction of sp³-hybridized carbons (Fsp3) is 1.00. The molecule has 0 aliphatic heterocycles. The van der Waals surface area contributed by atoms with E-state index < -0.39 is 0 Å². The van der Waals surface area contributed by atoms with E-state index in [2.05, 4.69) is 12.2 Å². The molecule has 0 saturated heterocycles. The van der Waals surface area contributed by atoms with Crippen LogP contribution in [0.3, 0.4) is 0 Å². The summed E-state index contributed by atoms with van der Waals surface area (Å²) in [6.45, 7) is 3.72. The summed E-state index contributed by atoms with van der Waals surface area (Å²) in [5.41, 5.74) is 0.487. The monoisotopic (exact) mass is 195 g/mol. The van der Waals surface area contributed by atoms with Crippen LogP contribution >= 0.6 is 0 Å². The van der Waals surface area contributed by atoms with Crippen LogP contribution in [0.2, 0.25) is 0 Å². The smallest absolute Gasteiger partial charge is 0.0153 e. The van der Waals surface area contributed by atoms with E-state index >= 15 is 0 Å². The highest BCUT2D eigenvalue weighted by Crippen LogP contribution is 2.29. The lowest BCUT2D eigenvalue weighted by molar-refractivity contribution is 0.241. The Bertz CT molecular complexity index is 164. The van der Waals surface area contributed by atoms with Gasteiger partial charge in [-0.2, -0.15) is 0 Å². The zero-order chi connectivity index (χ0) is 9.86. The van der Waals surface area contributed by atoms with Gasteiger partial charge in [0.2, 0.25) is 0 Å². The van der Waals surface area contributed by atoms with Gasteiger partial charge in [-0.05, 0) is 45.1 Å². The molecular formula is C13H25N. The minimum Gasteiger partial charge on any atom is -0.311 e. The molecule has 14 heavy (non-hydrogen) atoms. The first-order valence-corrected chi connectivity index (χ1v) is 6.54. The SMILES string of the molecule is CC1(NCC2CCCC2)CCCCC1. The van der Waals surface area contributed by atoms with Gasteiger partial charge in [0.05, 0.1) is 0 Å². The predicted octanol–water partition coefficient (Wildman–Crippen LogP) is 3.49. The number of nitrogens with one attached hydrogen (secondary N) is 1. The van der Waals surface area contributed by atoms with Crippen molar-refractivity contribution in [1.82, 2.24) is 5.32 Å². The Morgan fingerprint density at radius 1 is 1.00 bits per heavy atom. The molecule has 0 heterocycles. The maximum absolute atomic E-state index is 3.84. The molecule has 0 spiro atoms. The van der Waals surface area contributed by atoms with Gasteiger partial charge in [-0.1, -0.05) is 32.1 Å². The summed E-state index contributed by atoms with van der Waals surface area (Å²) >= 11 is 0. The largest absolute Gasteiger partial charge is 0.311 e. The number of hydrogen-bond donors (Lipinski definition) is 1. The van der Waals surface area contributed by atoms with E-state index in [-0.39, 0.29) is 0 Å². The highest BCUT2D eigenvalue weighted by molar-refractivity contribution is 4.87. The van der Waals surface area contributed by atoms with Crippen molar-refractivity contribution < 1.29 is 0 Å². The van der Waals surface area contributed by atoms with Crippen molar-refractivity contribution in [3.05, 3.63) is 0 Å². The van der Waals surface area contributed by atoms with Gasteiger partial charge in [-0.25, -0.2) is 0 Å². The van der Waals surface area contributed by atoms with Crippen LogP contribution in [0.25, 0.3) is 0 Å². The van der Waals surface area contributed by atoms with Gasteiger partial charge in [0.15, 0.2) is 0 Å².